The van der Waals surface area contributed by atoms with Crippen molar-refractivity contribution in [2.75, 3.05) is 13.1 Å². The van der Waals surface area contributed by atoms with Crippen LogP contribution in [0.4, 0.5) is 0 Å². The van der Waals surface area contributed by atoms with Gasteiger partial charge in [-0.15, -0.1) is 0 Å². The van der Waals surface area contributed by atoms with Crippen molar-refractivity contribution in [3.63, 3.8) is 0 Å². The molecule has 2 aliphatic carbocycles. The van der Waals surface area contributed by atoms with Gasteiger partial charge in [0.2, 0.25) is 5.91 Å². The van der Waals surface area contributed by atoms with E-state index in [1.807, 2.05) is 0 Å². The number of likely N-dealkylation sites (tertiary alicyclic amines) is 1. The van der Waals surface area contributed by atoms with E-state index < -0.39 is 0 Å². The number of nitrogens with one attached hydrogen (secondary N) is 1. The van der Waals surface area contributed by atoms with E-state index in [9.17, 15) is 4.79 Å². The van der Waals surface area contributed by atoms with Gasteiger partial charge in [-0.25, -0.2) is 0 Å². The fraction of sp³-hybridized carbons (Fsp3) is 0.812. The second-order valence-electron chi connectivity index (χ2n) is 6.41. The minimum absolute atomic E-state index is 0.227. The first-order valence-electron chi connectivity index (χ1n) is 8.02. The second kappa shape index (κ2) is 6.08. The fourth-order valence-corrected chi connectivity index (χ4v) is 3.86. The van der Waals surface area contributed by atoms with E-state index in [2.05, 4.69) is 22.4 Å². The van der Waals surface area contributed by atoms with Gasteiger partial charge in [-0.1, -0.05) is 25.0 Å². The molecule has 1 aliphatic heterocycles. The summed E-state index contributed by atoms with van der Waals surface area (Å²) >= 11 is 0. The number of carbonyl (C=O) groups is 1. The highest BCUT2D eigenvalue weighted by atomic mass is 16.1. The van der Waals surface area contributed by atoms with Gasteiger partial charge in [0.1, 0.15) is 0 Å². The van der Waals surface area contributed by atoms with Gasteiger partial charge in [0.15, 0.2) is 0 Å². The zero-order valence-corrected chi connectivity index (χ0v) is 11.8. The van der Waals surface area contributed by atoms with E-state index in [4.69, 9.17) is 0 Å². The van der Waals surface area contributed by atoms with Crippen LogP contribution in [-0.2, 0) is 4.79 Å². The number of allylic oxidation sites excluding steroid dienone is 2. The maximum Gasteiger partial charge on any atom is 0.223 e. The molecule has 1 saturated carbocycles. The van der Waals surface area contributed by atoms with Gasteiger partial charge in [-0.2, -0.15) is 0 Å². The van der Waals surface area contributed by atoms with Crippen molar-refractivity contribution in [2.45, 2.75) is 63.5 Å². The molecule has 1 amide bonds. The maximum absolute atomic E-state index is 12.2. The number of hydrogen-bond donors (Lipinski definition) is 1. The van der Waals surface area contributed by atoms with E-state index in [1.54, 1.807) is 0 Å². The molecule has 0 spiro atoms. The molecule has 106 valence electrons. The van der Waals surface area contributed by atoms with Gasteiger partial charge in [-0.05, 0) is 38.5 Å². The van der Waals surface area contributed by atoms with Crippen LogP contribution in [0.3, 0.4) is 0 Å². The van der Waals surface area contributed by atoms with Crippen LogP contribution in [0.2, 0.25) is 0 Å². The molecule has 3 heteroatoms. The first-order valence-corrected chi connectivity index (χ1v) is 8.02. The summed E-state index contributed by atoms with van der Waals surface area (Å²) in [6.07, 6.45) is 14.1. The average molecular weight is 262 g/mol. The van der Waals surface area contributed by atoms with Crippen molar-refractivity contribution in [1.29, 1.82) is 0 Å². The van der Waals surface area contributed by atoms with Gasteiger partial charge >= 0.3 is 0 Å². The Morgan fingerprint density at radius 1 is 1.11 bits per heavy atom. The monoisotopic (exact) mass is 262 g/mol. The predicted octanol–water partition coefficient (Wildman–Crippen LogP) is 2.48. The molecule has 19 heavy (non-hydrogen) atoms. The largest absolute Gasteiger partial charge is 0.352 e. The van der Waals surface area contributed by atoms with Gasteiger partial charge in [0.25, 0.3) is 0 Å². The maximum atomic E-state index is 12.2. The third kappa shape index (κ3) is 3.19. The Labute approximate surface area is 116 Å². The van der Waals surface area contributed by atoms with Gasteiger partial charge in [0, 0.05) is 31.1 Å². The summed E-state index contributed by atoms with van der Waals surface area (Å²) in [7, 11) is 0. The highest BCUT2D eigenvalue weighted by Gasteiger charge is 2.31. The third-order valence-electron chi connectivity index (χ3n) is 5.05. The standard InChI is InChI=1S/C16H26N2O/c19-16(13-6-2-1-3-7-13)17-14-10-11-18(12-14)15-8-4-5-9-15/h1-2,13-15H,3-12H2,(H,17,19)/t13-,14-/m1/s1. The molecule has 2 atom stereocenters. The van der Waals surface area contributed by atoms with Crippen LogP contribution in [0.15, 0.2) is 12.2 Å². The number of hydrogen-bond acceptors (Lipinski definition) is 2. The minimum Gasteiger partial charge on any atom is -0.352 e. The molecule has 0 aromatic rings. The lowest BCUT2D eigenvalue weighted by Gasteiger charge is -2.24. The topological polar surface area (TPSA) is 32.3 Å². The average Bonchev–Trinajstić information content (AvgIpc) is 3.10. The SMILES string of the molecule is O=C(N[C@@H]1CCN(C2CCCC2)C1)[C@@H]1CC=CCC1. The van der Waals surface area contributed by atoms with Crippen LogP contribution in [-0.4, -0.2) is 36.0 Å². The lowest BCUT2D eigenvalue weighted by Crippen LogP contribution is -2.42. The number of nitrogens with zero attached hydrogens (tertiary/aromatic N) is 1. The second-order valence-corrected chi connectivity index (χ2v) is 6.41. The van der Waals surface area contributed by atoms with Crippen molar-refractivity contribution in [2.24, 2.45) is 5.92 Å². The van der Waals surface area contributed by atoms with Gasteiger partial charge < -0.3 is 5.32 Å². The molecule has 0 unspecified atom stereocenters. The van der Waals surface area contributed by atoms with Crippen LogP contribution >= 0.6 is 0 Å². The van der Waals surface area contributed by atoms with Crippen molar-refractivity contribution >= 4 is 5.91 Å². The van der Waals surface area contributed by atoms with Crippen LogP contribution in [0, 0.1) is 5.92 Å². The summed E-state index contributed by atoms with van der Waals surface area (Å²) in [5.41, 5.74) is 0. The van der Waals surface area contributed by atoms with Crippen LogP contribution in [0.5, 0.6) is 0 Å². The molecule has 0 aromatic heterocycles. The molecular weight excluding hydrogens is 236 g/mol. The summed E-state index contributed by atoms with van der Waals surface area (Å²) in [6, 6.07) is 1.21. The Morgan fingerprint density at radius 2 is 1.95 bits per heavy atom. The molecule has 0 bridgehead atoms. The number of rotatable bonds is 3. The zero-order chi connectivity index (χ0) is 13.1. The van der Waals surface area contributed by atoms with Crippen LogP contribution in [0.1, 0.15) is 51.4 Å². The van der Waals surface area contributed by atoms with Crippen molar-refractivity contribution in [1.82, 2.24) is 10.2 Å². The molecular formula is C16H26N2O. The molecule has 3 rings (SSSR count). The molecule has 2 fully saturated rings. The van der Waals surface area contributed by atoms with Crippen LogP contribution in [0.25, 0.3) is 0 Å². The zero-order valence-electron chi connectivity index (χ0n) is 11.8. The molecule has 3 aliphatic rings. The molecule has 1 saturated heterocycles. The highest BCUT2D eigenvalue weighted by molar-refractivity contribution is 5.79. The fourth-order valence-electron chi connectivity index (χ4n) is 3.86. The lowest BCUT2D eigenvalue weighted by atomic mass is 9.93. The summed E-state index contributed by atoms with van der Waals surface area (Å²) < 4.78 is 0. The highest BCUT2D eigenvalue weighted by Crippen LogP contribution is 2.27. The smallest absolute Gasteiger partial charge is 0.223 e. The molecule has 3 nitrogen and oxygen atoms in total. The summed E-state index contributed by atoms with van der Waals surface area (Å²) in [5, 5.41) is 3.29. The Hall–Kier alpha value is -0.830. The van der Waals surface area contributed by atoms with Crippen molar-refractivity contribution in [3.8, 4) is 0 Å². The third-order valence-corrected chi connectivity index (χ3v) is 5.05. The van der Waals surface area contributed by atoms with Gasteiger partial charge in [-0.3, -0.25) is 9.69 Å². The summed E-state index contributed by atoms with van der Waals surface area (Å²) in [4.78, 5) is 14.8. The molecule has 1 N–H and O–H groups in total. The quantitative estimate of drug-likeness (QED) is 0.793. The molecule has 0 radical (unpaired) electrons. The van der Waals surface area contributed by atoms with Gasteiger partial charge in [0.05, 0.1) is 0 Å². The van der Waals surface area contributed by atoms with Crippen LogP contribution < -0.4 is 5.32 Å². The first kappa shape index (κ1) is 13.2. The number of carbonyl (C=O) groups excluding carboxylic acids is 1. The normalized spacial score (nSPS) is 32.8. The Morgan fingerprint density at radius 3 is 2.68 bits per heavy atom. The Kier molecular flexibility index (Phi) is 4.21. The Balaban J connectivity index is 1.45. The van der Waals surface area contributed by atoms with Crippen molar-refractivity contribution < 1.29 is 4.79 Å². The number of amides is 1. The molecule has 1 heterocycles. The predicted molar refractivity (Wildman–Crippen MR) is 76.9 cm³/mol. The van der Waals surface area contributed by atoms with E-state index in [0.29, 0.717) is 11.9 Å². The first-order chi connectivity index (χ1) is 9.33. The molecule has 0 aromatic carbocycles. The van der Waals surface area contributed by atoms with E-state index in [0.717, 1.165) is 38.3 Å². The lowest BCUT2D eigenvalue weighted by molar-refractivity contribution is -0.125. The van der Waals surface area contributed by atoms with E-state index >= 15 is 0 Å². The van der Waals surface area contributed by atoms with E-state index in [1.165, 1.54) is 32.2 Å². The Bertz CT molecular complexity index is 347. The summed E-state index contributed by atoms with van der Waals surface area (Å²) in [6.45, 7) is 2.26. The summed E-state index contributed by atoms with van der Waals surface area (Å²) in [5.74, 6) is 0.521. The van der Waals surface area contributed by atoms with E-state index in [-0.39, 0.29) is 5.92 Å². The van der Waals surface area contributed by atoms with Crippen molar-refractivity contribution in [3.05, 3.63) is 12.2 Å². The minimum atomic E-state index is 0.227.